The summed E-state index contributed by atoms with van der Waals surface area (Å²) in [4.78, 5) is 24.7. The first-order valence-corrected chi connectivity index (χ1v) is 9.59. The summed E-state index contributed by atoms with van der Waals surface area (Å²) in [5.74, 6) is -1.08. The Morgan fingerprint density at radius 2 is 1.65 bits per heavy atom. The molecular formula is C19H19NO5S. The SMILES string of the molecule is CC(C)(C(=O)OCCN1C(=O)c2ccccc2S1(=O)=O)c1ccccc1. The van der Waals surface area contributed by atoms with E-state index in [1.807, 2.05) is 30.3 Å². The average molecular weight is 373 g/mol. The number of esters is 1. The molecule has 0 fully saturated rings. The van der Waals surface area contributed by atoms with Crippen LogP contribution in [-0.2, 0) is 25.0 Å². The molecule has 0 spiro atoms. The highest BCUT2D eigenvalue weighted by atomic mass is 32.2. The van der Waals surface area contributed by atoms with E-state index in [1.54, 1.807) is 26.0 Å². The quantitative estimate of drug-likeness (QED) is 0.752. The predicted octanol–water partition coefficient (Wildman–Crippen LogP) is 2.35. The fourth-order valence-electron chi connectivity index (χ4n) is 2.83. The van der Waals surface area contributed by atoms with E-state index in [1.165, 1.54) is 12.1 Å². The summed E-state index contributed by atoms with van der Waals surface area (Å²) in [5.41, 5.74) is 0.0590. The van der Waals surface area contributed by atoms with Gasteiger partial charge in [-0.1, -0.05) is 42.5 Å². The number of sulfonamides is 1. The van der Waals surface area contributed by atoms with Crippen LogP contribution in [0.1, 0.15) is 29.8 Å². The Morgan fingerprint density at radius 1 is 1.04 bits per heavy atom. The molecule has 26 heavy (non-hydrogen) atoms. The summed E-state index contributed by atoms with van der Waals surface area (Å²) < 4.78 is 30.9. The number of carbonyl (C=O) groups is 2. The van der Waals surface area contributed by atoms with Crippen LogP contribution in [0.2, 0.25) is 0 Å². The summed E-state index contributed by atoms with van der Waals surface area (Å²) in [5, 5.41) is 0. The summed E-state index contributed by atoms with van der Waals surface area (Å²) >= 11 is 0. The molecule has 2 aromatic rings. The second kappa shape index (κ2) is 6.57. The van der Waals surface area contributed by atoms with Gasteiger partial charge in [0.25, 0.3) is 15.9 Å². The second-order valence-corrected chi connectivity index (χ2v) is 8.34. The highest BCUT2D eigenvalue weighted by molar-refractivity contribution is 7.90. The van der Waals surface area contributed by atoms with Crippen LogP contribution in [0.4, 0.5) is 0 Å². The fourth-order valence-corrected chi connectivity index (χ4v) is 4.38. The van der Waals surface area contributed by atoms with Crippen molar-refractivity contribution < 1.29 is 22.7 Å². The first kappa shape index (κ1) is 18.1. The molecular weight excluding hydrogens is 354 g/mol. The van der Waals surface area contributed by atoms with Gasteiger partial charge >= 0.3 is 5.97 Å². The van der Waals surface area contributed by atoms with E-state index in [0.717, 1.165) is 9.87 Å². The van der Waals surface area contributed by atoms with Crippen molar-refractivity contribution in [2.45, 2.75) is 24.2 Å². The Hall–Kier alpha value is -2.67. The van der Waals surface area contributed by atoms with E-state index >= 15 is 0 Å². The topological polar surface area (TPSA) is 80.8 Å². The number of hydrogen-bond acceptors (Lipinski definition) is 5. The third-order valence-corrected chi connectivity index (χ3v) is 6.29. The Balaban J connectivity index is 1.68. The van der Waals surface area contributed by atoms with Crippen LogP contribution in [0.15, 0.2) is 59.5 Å². The Labute approximate surface area is 152 Å². The molecule has 0 saturated carbocycles. The number of benzene rings is 2. The summed E-state index contributed by atoms with van der Waals surface area (Å²) in [6.45, 7) is 3.05. The average Bonchev–Trinajstić information content (AvgIpc) is 2.83. The fraction of sp³-hybridized carbons (Fsp3) is 0.263. The highest BCUT2D eigenvalue weighted by Crippen LogP contribution is 2.30. The molecule has 0 bridgehead atoms. The van der Waals surface area contributed by atoms with Crippen LogP contribution in [0, 0.1) is 0 Å². The number of amides is 1. The lowest BCUT2D eigenvalue weighted by Gasteiger charge is -2.24. The second-order valence-electron chi connectivity index (χ2n) is 6.51. The van der Waals surface area contributed by atoms with Crippen molar-refractivity contribution in [3.8, 4) is 0 Å². The van der Waals surface area contributed by atoms with Gasteiger partial charge in [-0.2, -0.15) is 0 Å². The zero-order chi connectivity index (χ0) is 18.9. The van der Waals surface area contributed by atoms with Gasteiger partial charge in [0.2, 0.25) is 0 Å². The van der Waals surface area contributed by atoms with E-state index in [0.29, 0.717) is 0 Å². The van der Waals surface area contributed by atoms with Crippen LogP contribution in [0.5, 0.6) is 0 Å². The molecule has 136 valence electrons. The Bertz CT molecular complexity index is 951. The minimum Gasteiger partial charge on any atom is -0.463 e. The van der Waals surface area contributed by atoms with Gasteiger partial charge < -0.3 is 4.74 Å². The highest BCUT2D eigenvalue weighted by Gasteiger charge is 2.41. The predicted molar refractivity (Wildman–Crippen MR) is 95.1 cm³/mol. The normalized spacial score (nSPS) is 15.6. The molecule has 1 heterocycles. The number of hydrogen-bond donors (Lipinski definition) is 0. The summed E-state index contributed by atoms with van der Waals surface area (Å²) in [7, 11) is -3.89. The molecule has 1 aliphatic rings. The van der Waals surface area contributed by atoms with Gasteiger partial charge in [-0.05, 0) is 31.5 Å². The van der Waals surface area contributed by atoms with Crippen LogP contribution < -0.4 is 0 Å². The van der Waals surface area contributed by atoms with Crippen molar-refractivity contribution >= 4 is 21.9 Å². The molecule has 1 amide bonds. The number of ether oxygens (including phenoxy) is 1. The zero-order valence-electron chi connectivity index (χ0n) is 14.5. The Morgan fingerprint density at radius 3 is 2.31 bits per heavy atom. The molecule has 0 N–H and O–H groups in total. The van der Waals surface area contributed by atoms with Crippen molar-refractivity contribution in [3.63, 3.8) is 0 Å². The molecule has 0 aliphatic carbocycles. The standard InChI is InChI=1S/C19H19NO5S/c1-19(2,14-8-4-3-5-9-14)18(22)25-13-12-20-17(21)15-10-6-7-11-16(15)26(20,23)24/h3-11H,12-13H2,1-2H3. The van der Waals surface area contributed by atoms with E-state index in [4.69, 9.17) is 4.74 Å². The third kappa shape index (κ3) is 2.99. The number of nitrogens with zero attached hydrogens (tertiary/aromatic N) is 1. The van der Waals surface area contributed by atoms with Gasteiger partial charge in [-0.25, -0.2) is 12.7 Å². The number of carbonyl (C=O) groups excluding carboxylic acids is 2. The van der Waals surface area contributed by atoms with E-state index in [9.17, 15) is 18.0 Å². The van der Waals surface area contributed by atoms with Crippen LogP contribution >= 0.6 is 0 Å². The molecule has 0 atom stereocenters. The van der Waals surface area contributed by atoms with E-state index in [2.05, 4.69) is 0 Å². The Kier molecular flexibility index (Phi) is 4.58. The van der Waals surface area contributed by atoms with Gasteiger partial charge in [0, 0.05) is 0 Å². The van der Waals surface area contributed by atoms with E-state index in [-0.39, 0.29) is 23.6 Å². The van der Waals surface area contributed by atoms with Gasteiger partial charge in [0.1, 0.15) is 11.5 Å². The number of fused-ring (bicyclic) bond motifs is 1. The zero-order valence-corrected chi connectivity index (χ0v) is 15.3. The van der Waals surface area contributed by atoms with Crippen molar-refractivity contribution in [2.24, 2.45) is 0 Å². The van der Waals surface area contributed by atoms with Crippen molar-refractivity contribution in [1.29, 1.82) is 0 Å². The summed E-state index contributed by atoms with van der Waals surface area (Å²) in [6.07, 6.45) is 0. The van der Waals surface area contributed by atoms with Crippen LogP contribution in [0.3, 0.4) is 0 Å². The largest absolute Gasteiger partial charge is 0.463 e. The number of rotatable bonds is 5. The van der Waals surface area contributed by atoms with Gasteiger partial charge in [0.15, 0.2) is 0 Å². The van der Waals surface area contributed by atoms with Gasteiger partial charge in [0.05, 0.1) is 17.5 Å². The maximum atomic E-state index is 12.5. The van der Waals surface area contributed by atoms with Crippen molar-refractivity contribution in [1.82, 2.24) is 4.31 Å². The van der Waals surface area contributed by atoms with Crippen molar-refractivity contribution in [3.05, 3.63) is 65.7 Å². The third-order valence-electron chi connectivity index (χ3n) is 4.45. The first-order valence-electron chi connectivity index (χ1n) is 8.15. The minimum atomic E-state index is -3.89. The van der Waals surface area contributed by atoms with Gasteiger partial charge in [-0.15, -0.1) is 0 Å². The first-order chi connectivity index (χ1) is 12.3. The molecule has 0 unspecified atom stereocenters. The molecule has 0 radical (unpaired) electrons. The molecule has 0 aromatic heterocycles. The molecule has 3 rings (SSSR count). The van der Waals surface area contributed by atoms with E-state index < -0.39 is 27.3 Å². The van der Waals surface area contributed by atoms with Gasteiger partial charge in [-0.3, -0.25) is 9.59 Å². The van der Waals surface area contributed by atoms with Crippen molar-refractivity contribution in [2.75, 3.05) is 13.2 Å². The molecule has 0 saturated heterocycles. The lowest BCUT2D eigenvalue weighted by molar-refractivity contribution is -0.149. The maximum absolute atomic E-state index is 12.5. The molecule has 7 heteroatoms. The summed E-state index contributed by atoms with van der Waals surface area (Å²) in [6, 6.07) is 15.2. The van der Waals surface area contributed by atoms with Crippen LogP contribution in [0.25, 0.3) is 0 Å². The lowest BCUT2D eigenvalue weighted by atomic mass is 9.85. The molecule has 6 nitrogen and oxygen atoms in total. The lowest BCUT2D eigenvalue weighted by Crippen LogP contribution is -2.36. The molecule has 2 aromatic carbocycles. The maximum Gasteiger partial charge on any atom is 0.316 e. The smallest absolute Gasteiger partial charge is 0.316 e. The minimum absolute atomic E-state index is 0.0130. The van der Waals surface area contributed by atoms with Crippen LogP contribution in [-0.4, -0.2) is 37.8 Å². The monoisotopic (exact) mass is 373 g/mol. The molecule has 1 aliphatic heterocycles.